The Kier molecular flexibility index (Phi) is 8.04. The van der Waals surface area contributed by atoms with Gasteiger partial charge >= 0.3 is 6.09 Å². The number of aromatic nitrogens is 3. The van der Waals surface area contributed by atoms with Gasteiger partial charge in [-0.2, -0.15) is 5.10 Å². The number of aryl methyl sites for hydroxylation is 1. The number of carbonyl (C=O) groups excluding carboxylic acids is 1. The lowest BCUT2D eigenvalue weighted by molar-refractivity contribution is 0.0145. The van der Waals surface area contributed by atoms with Gasteiger partial charge in [0.15, 0.2) is 5.96 Å². The van der Waals surface area contributed by atoms with Crippen LogP contribution in [0.2, 0.25) is 0 Å². The average Bonchev–Trinajstić information content (AvgIpc) is 3.05. The minimum atomic E-state index is -0.445. The number of ether oxygens (including phenoxy) is 1. The van der Waals surface area contributed by atoms with Crippen LogP contribution in [0, 0.1) is 0 Å². The molecule has 1 aliphatic rings. The third kappa shape index (κ3) is 7.34. The summed E-state index contributed by atoms with van der Waals surface area (Å²) in [5, 5.41) is 10.6. The van der Waals surface area contributed by atoms with Crippen LogP contribution in [-0.2, 0) is 18.3 Å². The second kappa shape index (κ2) is 10.3. The topological polar surface area (TPSA) is 99.9 Å². The SMILES string of the molecule is CN=C(NCCCN1CCN(C(=O)OC(C)(C)C)CC1)NCc1ncnn1C. The molecule has 10 heteroatoms. The number of guanidine groups is 1. The first-order valence-corrected chi connectivity index (χ1v) is 9.76. The van der Waals surface area contributed by atoms with Crippen LogP contribution in [0.15, 0.2) is 11.3 Å². The summed E-state index contributed by atoms with van der Waals surface area (Å²) >= 11 is 0. The van der Waals surface area contributed by atoms with Crippen LogP contribution >= 0.6 is 0 Å². The van der Waals surface area contributed by atoms with E-state index in [0.29, 0.717) is 19.6 Å². The molecule has 2 heterocycles. The Hall–Kier alpha value is -2.36. The molecule has 0 unspecified atom stereocenters. The molecule has 1 amide bonds. The van der Waals surface area contributed by atoms with Crippen molar-refractivity contribution in [2.75, 3.05) is 46.3 Å². The van der Waals surface area contributed by atoms with E-state index in [2.05, 4.69) is 30.6 Å². The summed E-state index contributed by atoms with van der Waals surface area (Å²) < 4.78 is 7.17. The molecule has 2 rings (SSSR count). The van der Waals surface area contributed by atoms with Crippen LogP contribution < -0.4 is 10.6 Å². The third-order valence-electron chi connectivity index (χ3n) is 4.41. The van der Waals surface area contributed by atoms with Crippen molar-refractivity contribution in [2.24, 2.45) is 12.0 Å². The van der Waals surface area contributed by atoms with E-state index in [4.69, 9.17) is 4.74 Å². The van der Waals surface area contributed by atoms with Gasteiger partial charge in [0, 0.05) is 46.8 Å². The van der Waals surface area contributed by atoms with Gasteiger partial charge in [0.2, 0.25) is 0 Å². The molecule has 1 aromatic heterocycles. The molecule has 0 aliphatic carbocycles. The van der Waals surface area contributed by atoms with E-state index >= 15 is 0 Å². The number of aliphatic imine (C=N–C) groups is 1. The Morgan fingerprint density at radius 3 is 2.54 bits per heavy atom. The lowest BCUT2D eigenvalue weighted by Gasteiger charge is -2.35. The standard InChI is InChI=1S/C18H34N8O2/c1-18(2,3)28-17(27)26-11-9-25(10-12-26)8-6-7-20-16(19-4)21-13-15-22-14-23-24(15)5/h14H,6-13H2,1-5H3,(H2,19,20,21). The molecule has 2 N–H and O–H groups in total. The monoisotopic (exact) mass is 394 g/mol. The van der Waals surface area contributed by atoms with Gasteiger partial charge in [0.25, 0.3) is 0 Å². The van der Waals surface area contributed by atoms with Crippen LogP contribution in [-0.4, -0.2) is 88.5 Å². The highest BCUT2D eigenvalue weighted by molar-refractivity contribution is 5.79. The molecule has 1 fully saturated rings. The molecule has 28 heavy (non-hydrogen) atoms. The van der Waals surface area contributed by atoms with E-state index in [9.17, 15) is 4.79 Å². The van der Waals surface area contributed by atoms with Crippen LogP contribution in [0.5, 0.6) is 0 Å². The van der Waals surface area contributed by atoms with E-state index in [0.717, 1.165) is 44.4 Å². The zero-order valence-electron chi connectivity index (χ0n) is 17.7. The molecular weight excluding hydrogens is 360 g/mol. The molecule has 0 saturated carbocycles. The molecule has 10 nitrogen and oxygen atoms in total. The number of carbonyl (C=O) groups is 1. The summed E-state index contributed by atoms with van der Waals surface area (Å²) in [6.07, 6.45) is 2.32. The summed E-state index contributed by atoms with van der Waals surface area (Å²) in [5.41, 5.74) is -0.445. The van der Waals surface area contributed by atoms with Crippen molar-refractivity contribution in [3.63, 3.8) is 0 Å². The Balaban J connectivity index is 1.59. The van der Waals surface area contributed by atoms with E-state index in [1.165, 1.54) is 6.33 Å². The fraction of sp³-hybridized carbons (Fsp3) is 0.778. The first-order chi connectivity index (χ1) is 13.3. The van der Waals surface area contributed by atoms with Crippen molar-refractivity contribution < 1.29 is 9.53 Å². The molecule has 1 aliphatic heterocycles. The first kappa shape index (κ1) is 21.9. The van der Waals surface area contributed by atoms with Gasteiger partial charge in [0.05, 0.1) is 6.54 Å². The summed E-state index contributed by atoms with van der Waals surface area (Å²) in [6, 6.07) is 0. The van der Waals surface area contributed by atoms with Crippen LogP contribution in [0.1, 0.15) is 33.0 Å². The Labute approximate surface area is 167 Å². The predicted octanol–water partition coefficient (Wildman–Crippen LogP) is 0.423. The van der Waals surface area contributed by atoms with Gasteiger partial charge in [-0.1, -0.05) is 0 Å². The molecule has 0 radical (unpaired) electrons. The summed E-state index contributed by atoms with van der Waals surface area (Å²) in [5.74, 6) is 1.60. The molecule has 158 valence electrons. The van der Waals surface area contributed by atoms with Crippen LogP contribution in [0.25, 0.3) is 0 Å². The highest BCUT2D eigenvalue weighted by Crippen LogP contribution is 2.11. The summed E-state index contributed by atoms with van der Waals surface area (Å²) in [7, 11) is 3.62. The van der Waals surface area contributed by atoms with Gasteiger partial charge in [-0.05, 0) is 33.7 Å². The highest BCUT2D eigenvalue weighted by atomic mass is 16.6. The normalized spacial score (nSPS) is 16.2. The van der Waals surface area contributed by atoms with Gasteiger partial charge < -0.3 is 20.3 Å². The van der Waals surface area contributed by atoms with Gasteiger partial charge in [0.1, 0.15) is 17.8 Å². The molecule has 0 bridgehead atoms. The van der Waals surface area contributed by atoms with Gasteiger partial charge in [-0.25, -0.2) is 9.78 Å². The van der Waals surface area contributed by atoms with Crippen LogP contribution in [0.3, 0.4) is 0 Å². The maximum atomic E-state index is 12.1. The number of hydrogen-bond acceptors (Lipinski definition) is 6. The van der Waals surface area contributed by atoms with Crippen molar-refractivity contribution in [1.82, 2.24) is 35.2 Å². The second-order valence-corrected chi connectivity index (χ2v) is 7.82. The quantitative estimate of drug-likeness (QED) is 0.410. The zero-order chi connectivity index (χ0) is 20.6. The van der Waals surface area contributed by atoms with Gasteiger partial charge in [-0.15, -0.1) is 0 Å². The van der Waals surface area contributed by atoms with E-state index in [1.807, 2.05) is 27.8 Å². The fourth-order valence-corrected chi connectivity index (χ4v) is 2.85. The molecule has 0 atom stereocenters. The highest BCUT2D eigenvalue weighted by Gasteiger charge is 2.25. The Morgan fingerprint density at radius 1 is 1.25 bits per heavy atom. The van der Waals surface area contributed by atoms with E-state index in [-0.39, 0.29) is 6.09 Å². The largest absolute Gasteiger partial charge is 0.444 e. The molecule has 0 aromatic carbocycles. The fourth-order valence-electron chi connectivity index (χ4n) is 2.85. The van der Waals surface area contributed by atoms with Gasteiger partial charge in [-0.3, -0.25) is 14.6 Å². The number of nitrogens with zero attached hydrogens (tertiary/aromatic N) is 6. The minimum Gasteiger partial charge on any atom is -0.444 e. The molecule has 0 spiro atoms. The molecule has 1 aromatic rings. The summed E-state index contributed by atoms with van der Waals surface area (Å²) in [4.78, 5) is 24.7. The number of rotatable bonds is 6. The first-order valence-electron chi connectivity index (χ1n) is 9.76. The van der Waals surface area contributed by atoms with Crippen molar-refractivity contribution in [2.45, 2.75) is 39.3 Å². The second-order valence-electron chi connectivity index (χ2n) is 7.82. The zero-order valence-corrected chi connectivity index (χ0v) is 17.7. The number of hydrogen-bond donors (Lipinski definition) is 2. The smallest absolute Gasteiger partial charge is 0.410 e. The van der Waals surface area contributed by atoms with Crippen molar-refractivity contribution in [1.29, 1.82) is 0 Å². The minimum absolute atomic E-state index is 0.216. The predicted molar refractivity (Wildman–Crippen MR) is 108 cm³/mol. The molecule has 1 saturated heterocycles. The van der Waals surface area contributed by atoms with E-state index in [1.54, 1.807) is 16.6 Å². The Bertz CT molecular complexity index is 644. The Morgan fingerprint density at radius 2 is 1.96 bits per heavy atom. The lowest BCUT2D eigenvalue weighted by atomic mass is 10.2. The lowest BCUT2D eigenvalue weighted by Crippen LogP contribution is -2.50. The third-order valence-corrected chi connectivity index (χ3v) is 4.41. The number of piperazine rings is 1. The number of amides is 1. The maximum Gasteiger partial charge on any atom is 0.410 e. The number of nitrogens with one attached hydrogen (secondary N) is 2. The summed E-state index contributed by atoms with van der Waals surface area (Å²) in [6.45, 7) is 11.2. The van der Waals surface area contributed by atoms with E-state index < -0.39 is 5.60 Å². The van der Waals surface area contributed by atoms with Crippen molar-refractivity contribution in [3.05, 3.63) is 12.2 Å². The maximum absolute atomic E-state index is 12.1. The van der Waals surface area contributed by atoms with Crippen LogP contribution in [0.4, 0.5) is 4.79 Å². The van der Waals surface area contributed by atoms with Crippen molar-refractivity contribution >= 4 is 12.1 Å². The molecular formula is C18H34N8O2. The van der Waals surface area contributed by atoms with Crippen molar-refractivity contribution in [3.8, 4) is 0 Å². The average molecular weight is 395 g/mol.